The molecule has 0 radical (unpaired) electrons. The first-order valence-electron chi connectivity index (χ1n) is 6.54. The summed E-state index contributed by atoms with van der Waals surface area (Å²) in [5.74, 6) is -0.789. The van der Waals surface area contributed by atoms with Crippen LogP contribution < -0.4 is 5.63 Å². The highest BCUT2D eigenvalue weighted by Crippen LogP contribution is 2.37. The Hall–Kier alpha value is -1.50. The van der Waals surface area contributed by atoms with Gasteiger partial charge in [0.1, 0.15) is 5.56 Å². The van der Waals surface area contributed by atoms with Crippen molar-refractivity contribution >= 4 is 22.7 Å². The first-order chi connectivity index (χ1) is 10.0. The highest BCUT2D eigenvalue weighted by molar-refractivity contribution is 8.00. The minimum Gasteiger partial charge on any atom is -0.419 e. The Morgan fingerprint density at radius 3 is 2.32 bits per heavy atom. The van der Waals surface area contributed by atoms with Crippen molar-refractivity contribution in [3.05, 3.63) is 39.0 Å². The number of rotatable bonds is 2. The van der Waals surface area contributed by atoms with E-state index in [1.165, 1.54) is 17.8 Å². The molecule has 1 heterocycles. The topological polar surface area (TPSA) is 30.2 Å². The number of halogens is 4. The second kappa shape index (κ2) is 5.61. The Labute approximate surface area is 128 Å². The standard InChI is InChI=1S/C15H14F4O2S/c1-6(2)22-13-7(3)5-9-8(4)10(15(17,18)19)14(20)21-12(9)11(13)16/h5-6H,1-4H3. The van der Waals surface area contributed by atoms with Crippen molar-refractivity contribution in [1.82, 2.24) is 0 Å². The Kier molecular flexibility index (Phi) is 4.30. The minimum absolute atomic E-state index is 0.0324. The van der Waals surface area contributed by atoms with Crippen LogP contribution in [0, 0.1) is 19.7 Å². The Morgan fingerprint density at radius 1 is 1.23 bits per heavy atom. The largest absolute Gasteiger partial charge is 0.423 e. The van der Waals surface area contributed by atoms with Crippen LogP contribution in [0.1, 0.15) is 30.5 Å². The molecule has 0 spiro atoms. The van der Waals surface area contributed by atoms with Crippen LogP contribution in [0.4, 0.5) is 17.6 Å². The van der Waals surface area contributed by atoms with Crippen LogP contribution in [0.15, 0.2) is 20.2 Å². The van der Waals surface area contributed by atoms with Crippen LogP contribution in [0.2, 0.25) is 0 Å². The molecule has 0 saturated heterocycles. The van der Waals surface area contributed by atoms with Gasteiger partial charge in [0, 0.05) is 10.6 Å². The van der Waals surface area contributed by atoms with Gasteiger partial charge in [-0.05, 0) is 31.0 Å². The number of thioether (sulfide) groups is 1. The molecule has 0 amide bonds. The average molecular weight is 334 g/mol. The van der Waals surface area contributed by atoms with Gasteiger partial charge in [0.2, 0.25) is 0 Å². The highest BCUT2D eigenvalue weighted by Gasteiger charge is 2.38. The van der Waals surface area contributed by atoms with Gasteiger partial charge in [-0.3, -0.25) is 0 Å². The molecular formula is C15H14F4O2S. The molecule has 0 fully saturated rings. The zero-order valence-corrected chi connectivity index (χ0v) is 13.2. The maximum atomic E-state index is 14.5. The molecule has 0 N–H and O–H groups in total. The Balaban J connectivity index is 2.88. The molecule has 7 heteroatoms. The normalized spacial score (nSPS) is 12.4. The summed E-state index contributed by atoms with van der Waals surface area (Å²) in [4.78, 5) is 11.9. The van der Waals surface area contributed by atoms with Crippen molar-refractivity contribution in [1.29, 1.82) is 0 Å². The summed E-state index contributed by atoms with van der Waals surface area (Å²) in [5, 5.41) is 0.0444. The molecule has 2 nitrogen and oxygen atoms in total. The summed E-state index contributed by atoms with van der Waals surface area (Å²) in [6, 6.07) is 1.43. The smallest absolute Gasteiger partial charge is 0.419 e. The van der Waals surface area contributed by atoms with E-state index in [9.17, 15) is 22.4 Å². The first kappa shape index (κ1) is 16.9. The minimum atomic E-state index is -4.84. The SMILES string of the molecule is Cc1cc2c(C)c(C(F)(F)F)c(=O)oc2c(F)c1SC(C)C. The van der Waals surface area contributed by atoms with E-state index >= 15 is 0 Å². The summed E-state index contributed by atoms with van der Waals surface area (Å²) >= 11 is 1.23. The van der Waals surface area contributed by atoms with Gasteiger partial charge in [-0.15, -0.1) is 11.8 Å². The zero-order chi connectivity index (χ0) is 16.8. The molecule has 2 rings (SSSR count). The van der Waals surface area contributed by atoms with E-state index in [1.54, 1.807) is 6.92 Å². The summed E-state index contributed by atoms with van der Waals surface area (Å²) < 4.78 is 58.0. The molecule has 0 saturated carbocycles. The molecule has 2 aromatic rings. The third kappa shape index (κ3) is 2.86. The van der Waals surface area contributed by atoms with E-state index in [0.29, 0.717) is 5.56 Å². The molecule has 1 aromatic heterocycles. The van der Waals surface area contributed by atoms with E-state index in [4.69, 9.17) is 0 Å². The van der Waals surface area contributed by atoms with E-state index in [2.05, 4.69) is 4.42 Å². The third-order valence-corrected chi connectivity index (χ3v) is 4.39. The van der Waals surface area contributed by atoms with Crippen LogP contribution in [0.5, 0.6) is 0 Å². The Morgan fingerprint density at radius 2 is 1.82 bits per heavy atom. The number of fused-ring (bicyclic) bond motifs is 1. The second-order valence-corrected chi connectivity index (χ2v) is 6.85. The van der Waals surface area contributed by atoms with Gasteiger partial charge in [0.05, 0.1) is 4.90 Å². The van der Waals surface area contributed by atoms with Gasteiger partial charge in [-0.25, -0.2) is 9.18 Å². The van der Waals surface area contributed by atoms with Crippen LogP contribution >= 0.6 is 11.8 Å². The van der Waals surface area contributed by atoms with Crippen molar-refractivity contribution in [3.8, 4) is 0 Å². The molecule has 1 aromatic carbocycles. The van der Waals surface area contributed by atoms with Gasteiger partial charge in [0.15, 0.2) is 11.4 Å². The lowest BCUT2D eigenvalue weighted by Gasteiger charge is -2.15. The van der Waals surface area contributed by atoms with Crippen LogP contribution in [-0.2, 0) is 6.18 Å². The lowest BCUT2D eigenvalue weighted by Crippen LogP contribution is -2.20. The maximum absolute atomic E-state index is 14.5. The first-order valence-corrected chi connectivity index (χ1v) is 7.42. The summed E-state index contributed by atoms with van der Waals surface area (Å²) in [6.45, 7) is 6.49. The molecule has 0 aliphatic heterocycles. The fraction of sp³-hybridized carbons (Fsp3) is 0.400. The van der Waals surface area contributed by atoms with Crippen molar-refractivity contribution in [2.45, 2.75) is 44.0 Å². The molecule has 120 valence electrons. The molecule has 0 unspecified atom stereocenters. The predicted molar refractivity (Wildman–Crippen MR) is 77.9 cm³/mol. The molecule has 0 aliphatic rings. The van der Waals surface area contributed by atoms with Gasteiger partial charge < -0.3 is 4.42 Å². The molecule has 0 bridgehead atoms. The summed E-state index contributed by atoms with van der Waals surface area (Å²) in [6.07, 6.45) is -4.84. The van der Waals surface area contributed by atoms with Crippen molar-refractivity contribution in [2.75, 3.05) is 0 Å². The molecular weight excluding hydrogens is 320 g/mol. The fourth-order valence-electron chi connectivity index (χ4n) is 2.26. The average Bonchev–Trinajstić information content (AvgIpc) is 2.34. The van der Waals surface area contributed by atoms with Crippen LogP contribution in [-0.4, -0.2) is 5.25 Å². The Bertz CT molecular complexity index is 791. The highest BCUT2D eigenvalue weighted by atomic mass is 32.2. The molecule has 22 heavy (non-hydrogen) atoms. The van der Waals surface area contributed by atoms with E-state index < -0.39 is 28.8 Å². The molecule has 0 aliphatic carbocycles. The monoisotopic (exact) mass is 334 g/mol. The number of hydrogen-bond donors (Lipinski definition) is 0. The lowest BCUT2D eigenvalue weighted by atomic mass is 10.0. The zero-order valence-electron chi connectivity index (χ0n) is 12.4. The maximum Gasteiger partial charge on any atom is 0.423 e. The van der Waals surface area contributed by atoms with Crippen molar-refractivity contribution < 1.29 is 22.0 Å². The number of alkyl halides is 3. The number of benzene rings is 1. The number of aryl methyl sites for hydroxylation is 2. The van der Waals surface area contributed by atoms with Gasteiger partial charge in [-0.2, -0.15) is 13.2 Å². The van der Waals surface area contributed by atoms with Crippen LogP contribution in [0.25, 0.3) is 11.0 Å². The number of hydrogen-bond acceptors (Lipinski definition) is 3. The third-order valence-electron chi connectivity index (χ3n) is 3.18. The van der Waals surface area contributed by atoms with Crippen molar-refractivity contribution in [3.63, 3.8) is 0 Å². The van der Waals surface area contributed by atoms with Gasteiger partial charge in [0.25, 0.3) is 0 Å². The summed E-state index contributed by atoms with van der Waals surface area (Å²) in [7, 11) is 0. The van der Waals surface area contributed by atoms with E-state index in [-0.39, 0.29) is 21.1 Å². The predicted octanol–water partition coefficient (Wildman–Crippen LogP) is 5.07. The molecule has 0 atom stereocenters. The fourth-order valence-corrected chi connectivity index (χ4v) is 3.17. The van der Waals surface area contributed by atoms with Crippen molar-refractivity contribution in [2.24, 2.45) is 0 Å². The van der Waals surface area contributed by atoms with Gasteiger partial charge in [-0.1, -0.05) is 13.8 Å². The van der Waals surface area contributed by atoms with Gasteiger partial charge >= 0.3 is 11.8 Å². The lowest BCUT2D eigenvalue weighted by molar-refractivity contribution is -0.140. The van der Waals surface area contributed by atoms with E-state index in [1.807, 2.05) is 13.8 Å². The van der Waals surface area contributed by atoms with E-state index in [0.717, 1.165) is 6.92 Å². The summed E-state index contributed by atoms with van der Waals surface area (Å²) in [5.41, 5.74) is -3.19. The second-order valence-electron chi connectivity index (χ2n) is 5.27. The van der Waals surface area contributed by atoms with Crippen LogP contribution in [0.3, 0.4) is 0 Å². The quantitative estimate of drug-likeness (QED) is 0.436.